The monoisotopic (exact) mass is 536 g/mol. The Labute approximate surface area is 219 Å². The molecule has 0 fully saturated rings. The van der Waals surface area contributed by atoms with Gasteiger partial charge in [0.25, 0.3) is 15.9 Å². The molecule has 0 bridgehead atoms. The summed E-state index contributed by atoms with van der Waals surface area (Å²) in [7, 11) is -2.80. The predicted octanol–water partition coefficient (Wildman–Crippen LogP) is 4.05. The normalized spacial score (nSPS) is 18.6. The highest BCUT2D eigenvalue weighted by Gasteiger charge is 2.49. The summed E-state index contributed by atoms with van der Waals surface area (Å²) in [6.07, 6.45) is 2.87. The Hall–Kier alpha value is -4.12. The Morgan fingerprint density at radius 3 is 2.29 bits per heavy atom. The van der Waals surface area contributed by atoms with E-state index in [9.17, 15) is 22.7 Å². The van der Waals surface area contributed by atoms with Gasteiger partial charge >= 0.3 is 6.01 Å². The van der Waals surface area contributed by atoms with Crippen LogP contribution in [0.3, 0.4) is 0 Å². The van der Waals surface area contributed by atoms with Crippen molar-refractivity contribution in [2.75, 3.05) is 7.11 Å². The van der Waals surface area contributed by atoms with Gasteiger partial charge in [-0.15, -0.1) is 0 Å². The summed E-state index contributed by atoms with van der Waals surface area (Å²) in [5.74, 6) is -1.23. The number of hydrogen-bond acceptors (Lipinski definition) is 7. The summed E-state index contributed by atoms with van der Waals surface area (Å²) < 4.78 is 49.0. The molecule has 1 amide bonds. The largest absolute Gasteiger partial charge is 0.509 e. The second kappa shape index (κ2) is 9.02. The third-order valence-corrected chi connectivity index (χ3v) is 7.86. The van der Waals surface area contributed by atoms with E-state index in [-0.39, 0.29) is 40.1 Å². The molecule has 38 heavy (non-hydrogen) atoms. The fraction of sp³-hybridized carbons (Fsp3) is 0.259. The second-order valence-electron chi connectivity index (χ2n) is 10.1. The maximum Gasteiger partial charge on any atom is 0.316 e. The van der Waals surface area contributed by atoms with Gasteiger partial charge in [-0.1, -0.05) is 51.1 Å². The summed E-state index contributed by atoms with van der Waals surface area (Å²) in [6, 6.07) is 9.88. The highest BCUT2D eigenvalue weighted by Crippen LogP contribution is 2.43. The Kier molecular flexibility index (Phi) is 6.06. The van der Waals surface area contributed by atoms with Crippen molar-refractivity contribution >= 4 is 21.6 Å². The first-order valence-corrected chi connectivity index (χ1v) is 13.2. The van der Waals surface area contributed by atoms with Crippen molar-refractivity contribution in [3.8, 4) is 17.1 Å². The summed E-state index contributed by atoms with van der Waals surface area (Å²) in [4.78, 5) is 23.3. The number of ether oxygens (including phenoxy) is 1. The minimum Gasteiger partial charge on any atom is -0.509 e. The number of halogens is 1. The number of aromatic nitrogens is 2. The number of sulfonamides is 1. The molecule has 9 nitrogen and oxygen atoms in total. The molecule has 0 spiro atoms. The van der Waals surface area contributed by atoms with Gasteiger partial charge in [-0.2, -0.15) is 12.8 Å². The van der Waals surface area contributed by atoms with E-state index in [1.54, 1.807) is 30.3 Å². The van der Waals surface area contributed by atoms with E-state index in [2.05, 4.69) is 14.4 Å². The van der Waals surface area contributed by atoms with E-state index >= 15 is 0 Å². The van der Waals surface area contributed by atoms with Gasteiger partial charge in [0, 0.05) is 35.6 Å². The van der Waals surface area contributed by atoms with Gasteiger partial charge in [0.1, 0.15) is 27.8 Å². The Morgan fingerprint density at radius 1 is 1.05 bits per heavy atom. The van der Waals surface area contributed by atoms with Gasteiger partial charge < -0.3 is 14.7 Å². The molecule has 0 radical (unpaired) electrons. The van der Waals surface area contributed by atoms with Gasteiger partial charge in [0.15, 0.2) is 0 Å². The quantitative estimate of drug-likeness (QED) is 0.522. The lowest BCUT2D eigenvalue weighted by molar-refractivity contribution is -0.129. The zero-order valence-corrected chi connectivity index (χ0v) is 22.0. The molecule has 3 aromatic rings. The van der Waals surface area contributed by atoms with E-state index in [1.165, 1.54) is 36.5 Å². The SMILES string of the molecule is COc1ncc(-c2cccc3c2S(=O)(=O)N=C3C2=C(O)[C@H](C(C)(C)C)N(Cc3ccc(F)cc3)C2=O)cn1. The Bertz CT molecular complexity index is 1610. The van der Waals surface area contributed by atoms with Crippen molar-refractivity contribution in [3.05, 3.63) is 83.1 Å². The second-order valence-corrected chi connectivity index (χ2v) is 11.7. The number of hydrogen-bond donors (Lipinski definition) is 1. The summed E-state index contributed by atoms with van der Waals surface area (Å²) >= 11 is 0. The third-order valence-electron chi connectivity index (χ3n) is 6.49. The van der Waals surface area contributed by atoms with Crippen molar-refractivity contribution in [2.24, 2.45) is 9.81 Å². The smallest absolute Gasteiger partial charge is 0.316 e. The molecule has 2 aliphatic rings. The minimum atomic E-state index is -4.22. The molecule has 11 heteroatoms. The third kappa shape index (κ3) is 4.22. The maximum atomic E-state index is 13.8. The standard InChI is InChI=1S/C27H25FN4O5S/c1-27(2,3)24-22(33)20(25(34)32(24)14-15-8-10-17(28)11-9-15)21-19-7-5-6-18(23(19)38(35,36)31-21)16-12-29-26(37-4)30-13-16/h5-13,24,33H,14H2,1-4H3/t24-/m1/s1. The lowest BCUT2D eigenvalue weighted by Gasteiger charge is -2.35. The van der Waals surface area contributed by atoms with E-state index in [1.807, 2.05) is 20.8 Å². The molecule has 196 valence electrons. The van der Waals surface area contributed by atoms with Crippen LogP contribution in [0.25, 0.3) is 11.1 Å². The molecular formula is C27H25FN4O5S. The molecule has 1 N–H and O–H groups in total. The molecule has 1 atom stereocenters. The Morgan fingerprint density at radius 2 is 1.68 bits per heavy atom. The average molecular weight is 537 g/mol. The number of rotatable bonds is 5. The summed E-state index contributed by atoms with van der Waals surface area (Å²) in [6.45, 7) is 5.69. The van der Waals surface area contributed by atoms with Gasteiger partial charge in [-0.05, 0) is 23.1 Å². The number of aliphatic hydroxyl groups excluding tert-OH is 1. The number of carbonyl (C=O) groups is 1. The van der Waals surface area contributed by atoms with Crippen LogP contribution in [0, 0.1) is 11.2 Å². The fourth-order valence-corrected chi connectivity index (χ4v) is 6.32. The van der Waals surface area contributed by atoms with E-state index in [0.717, 1.165) is 0 Å². The van der Waals surface area contributed by atoms with Crippen LogP contribution in [-0.2, 0) is 21.4 Å². The molecule has 2 aliphatic heterocycles. The topological polar surface area (TPSA) is 122 Å². The molecule has 1 aromatic heterocycles. The molecular weight excluding hydrogens is 511 g/mol. The average Bonchev–Trinajstić information content (AvgIpc) is 3.28. The zero-order chi connectivity index (χ0) is 27.4. The van der Waals surface area contributed by atoms with Crippen LogP contribution in [0.1, 0.15) is 31.9 Å². The fourth-order valence-electron chi connectivity index (χ4n) is 4.89. The number of methoxy groups -OCH3 is 1. The molecule has 0 unspecified atom stereocenters. The summed E-state index contributed by atoms with van der Waals surface area (Å²) in [5, 5.41) is 11.4. The lowest BCUT2D eigenvalue weighted by atomic mass is 9.84. The van der Waals surface area contributed by atoms with Gasteiger partial charge in [0.2, 0.25) is 0 Å². The maximum absolute atomic E-state index is 13.8. The van der Waals surface area contributed by atoms with Crippen molar-refractivity contribution in [2.45, 2.75) is 38.3 Å². The van der Waals surface area contributed by atoms with Crippen LogP contribution >= 0.6 is 0 Å². The number of amides is 1. The number of carbonyl (C=O) groups excluding carboxylic acids is 1. The van der Waals surface area contributed by atoms with Gasteiger partial charge in [-0.3, -0.25) is 4.79 Å². The molecule has 0 saturated heterocycles. The molecule has 0 saturated carbocycles. The van der Waals surface area contributed by atoms with Crippen molar-refractivity contribution in [3.63, 3.8) is 0 Å². The lowest BCUT2D eigenvalue weighted by Crippen LogP contribution is -2.43. The van der Waals surface area contributed by atoms with Crippen LogP contribution in [0.5, 0.6) is 6.01 Å². The van der Waals surface area contributed by atoms with Crippen LogP contribution < -0.4 is 4.74 Å². The highest BCUT2D eigenvalue weighted by molar-refractivity contribution is 7.91. The van der Waals surface area contributed by atoms with Gasteiger partial charge in [0.05, 0.1) is 13.2 Å². The van der Waals surface area contributed by atoms with E-state index in [0.29, 0.717) is 16.7 Å². The first kappa shape index (κ1) is 25.5. The summed E-state index contributed by atoms with van der Waals surface area (Å²) in [5.41, 5.74) is 0.696. The van der Waals surface area contributed by atoms with Crippen molar-refractivity contribution in [1.82, 2.24) is 14.9 Å². The predicted molar refractivity (Wildman–Crippen MR) is 138 cm³/mol. The number of nitrogens with zero attached hydrogens (tertiary/aromatic N) is 4. The number of benzene rings is 2. The van der Waals surface area contributed by atoms with Crippen LogP contribution in [-0.4, -0.2) is 53.2 Å². The Balaban J connectivity index is 1.62. The van der Waals surface area contributed by atoms with Crippen LogP contribution in [0.15, 0.2) is 75.5 Å². The van der Waals surface area contributed by atoms with Crippen LogP contribution in [0.4, 0.5) is 4.39 Å². The first-order valence-electron chi connectivity index (χ1n) is 11.8. The molecule has 3 heterocycles. The van der Waals surface area contributed by atoms with Crippen LogP contribution in [0.2, 0.25) is 0 Å². The molecule has 5 rings (SSSR count). The van der Waals surface area contributed by atoms with E-state index in [4.69, 9.17) is 4.74 Å². The highest BCUT2D eigenvalue weighted by atomic mass is 32.2. The zero-order valence-electron chi connectivity index (χ0n) is 21.1. The van der Waals surface area contributed by atoms with Crippen molar-refractivity contribution < 1.29 is 27.4 Å². The molecule has 0 aliphatic carbocycles. The first-order chi connectivity index (χ1) is 17.9. The van der Waals surface area contributed by atoms with Gasteiger partial charge in [-0.25, -0.2) is 14.4 Å². The number of fused-ring (bicyclic) bond motifs is 1. The minimum absolute atomic E-state index is 0.0880. The molecule has 2 aromatic carbocycles. The van der Waals surface area contributed by atoms with E-state index < -0.39 is 33.2 Å². The van der Waals surface area contributed by atoms with Crippen molar-refractivity contribution in [1.29, 1.82) is 0 Å². The number of aliphatic hydroxyl groups is 1.